The SMILES string of the molecule is CCOc1ccc2nc(N3C(=O)C(=O)C(=C(O)c4ccc5c(c4)OCCO5)[C@@H]3c3ccc(C(C)C)cc3)sc2c1. The van der Waals surface area contributed by atoms with E-state index in [-0.39, 0.29) is 11.3 Å². The quantitative estimate of drug-likeness (QED) is 0.171. The van der Waals surface area contributed by atoms with Gasteiger partial charge in [-0.15, -0.1) is 0 Å². The number of ketones is 1. The first kappa shape index (κ1) is 25.9. The molecule has 1 fully saturated rings. The molecule has 0 spiro atoms. The zero-order chi connectivity index (χ0) is 28.0. The Labute approximate surface area is 235 Å². The van der Waals surface area contributed by atoms with Gasteiger partial charge in [0.25, 0.3) is 5.78 Å². The number of carbonyl (C=O) groups excluding carboxylic acids is 2. The maximum atomic E-state index is 13.6. The van der Waals surface area contributed by atoms with Gasteiger partial charge in [-0.05, 0) is 60.4 Å². The Morgan fingerprint density at radius 1 is 1.05 bits per heavy atom. The maximum absolute atomic E-state index is 13.6. The van der Waals surface area contributed by atoms with E-state index in [2.05, 4.69) is 13.8 Å². The first-order valence-electron chi connectivity index (χ1n) is 13.2. The molecule has 4 aromatic rings. The second-order valence-electron chi connectivity index (χ2n) is 9.91. The summed E-state index contributed by atoms with van der Waals surface area (Å²) in [4.78, 5) is 33.3. The summed E-state index contributed by atoms with van der Waals surface area (Å²) in [6.45, 7) is 7.45. The van der Waals surface area contributed by atoms with Crippen LogP contribution in [0.1, 0.15) is 49.4 Å². The van der Waals surface area contributed by atoms with Gasteiger partial charge in [-0.3, -0.25) is 14.5 Å². The van der Waals surface area contributed by atoms with Crippen LogP contribution in [-0.2, 0) is 9.59 Å². The lowest BCUT2D eigenvalue weighted by atomic mass is 9.93. The number of hydrogen-bond acceptors (Lipinski definition) is 8. The second-order valence-corrected chi connectivity index (χ2v) is 10.9. The van der Waals surface area contributed by atoms with Gasteiger partial charge in [0.2, 0.25) is 0 Å². The summed E-state index contributed by atoms with van der Waals surface area (Å²) in [6.07, 6.45) is 0. The first-order valence-corrected chi connectivity index (χ1v) is 14.0. The number of carbonyl (C=O) groups is 2. The van der Waals surface area contributed by atoms with Crippen LogP contribution in [0.2, 0.25) is 0 Å². The summed E-state index contributed by atoms with van der Waals surface area (Å²) in [5.74, 6) is 0.230. The van der Waals surface area contributed by atoms with Crippen molar-refractivity contribution in [1.29, 1.82) is 0 Å². The van der Waals surface area contributed by atoms with Gasteiger partial charge in [-0.1, -0.05) is 49.4 Å². The number of nitrogens with zero attached hydrogens (tertiary/aromatic N) is 2. The molecule has 1 amide bonds. The number of anilines is 1. The standard InChI is InChI=1S/C31H28N2O6S/c1-4-37-21-10-11-22-25(16-21)40-31(32-22)33-27(19-7-5-18(6-8-19)17(2)3)26(29(35)30(33)36)28(34)20-9-12-23-24(15-20)39-14-13-38-23/h5-12,15-17,27,34H,4,13-14H2,1-3H3/t27-/m0/s1. The van der Waals surface area contributed by atoms with Crippen molar-refractivity contribution in [2.75, 3.05) is 24.7 Å². The molecule has 204 valence electrons. The molecule has 8 nitrogen and oxygen atoms in total. The van der Waals surface area contributed by atoms with Gasteiger partial charge < -0.3 is 19.3 Å². The molecular weight excluding hydrogens is 528 g/mol. The lowest BCUT2D eigenvalue weighted by molar-refractivity contribution is -0.132. The highest BCUT2D eigenvalue weighted by atomic mass is 32.1. The van der Waals surface area contributed by atoms with Gasteiger partial charge in [0, 0.05) is 5.56 Å². The lowest BCUT2D eigenvalue weighted by Crippen LogP contribution is -2.29. The van der Waals surface area contributed by atoms with E-state index in [9.17, 15) is 14.7 Å². The minimum atomic E-state index is -0.874. The molecule has 40 heavy (non-hydrogen) atoms. The normalized spacial score (nSPS) is 18.1. The summed E-state index contributed by atoms with van der Waals surface area (Å²) in [5.41, 5.74) is 2.85. The van der Waals surface area contributed by atoms with Crippen LogP contribution in [0.4, 0.5) is 5.13 Å². The predicted octanol–water partition coefficient (Wildman–Crippen LogP) is 6.22. The third kappa shape index (κ3) is 4.46. The van der Waals surface area contributed by atoms with E-state index < -0.39 is 17.7 Å². The van der Waals surface area contributed by atoms with Crippen molar-refractivity contribution in [2.45, 2.75) is 32.7 Å². The average molecular weight is 557 g/mol. The van der Waals surface area contributed by atoms with Gasteiger partial charge in [-0.2, -0.15) is 0 Å². The number of rotatable bonds is 6. The molecule has 1 saturated heterocycles. The van der Waals surface area contributed by atoms with E-state index in [0.29, 0.717) is 64.8 Å². The number of ether oxygens (including phenoxy) is 3. The smallest absolute Gasteiger partial charge is 0.301 e. The van der Waals surface area contributed by atoms with E-state index in [4.69, 9.17) is 19.2 Å². The Balaban J connectivity index is 1.51. The van der Waals surface area contributed by atoms with Crippen molar-refractivity contribution in [2.24, 2.45) is 0 Å². The number of hydrogen-bond donors (Lipinski definition) is 1. The molecule has 0 saturated carbocycles. The van der Waals surface area contributed by atoms with Gasteiger partial charge in [0.1, 0.15) is 24.7 Å². The highest BCUT2D eigenvalue weighted by Gasteiger charge is 2.48. The number of fused-ring (bicyclic) bond motifs is 2. The van der Waals surface area contributed by atoms with Crippen LogP contribution in [-0.4, -0.2) is 41.6 Å². The highest BCUT2D eigenvalue weighted by Crippen LogP contribution is 2.45. The molecule has 2 aliphatic heterocycles. The summed E-state index contributed by atoms with van der Waals surface area (Å²) >= 11 is 1.30. The third-order valence-corrected chi connectivity index (χ3v) is 8.06. The fourth-order valence-electron chi connectivity index (χ4n) is 5.01. The van der Waals surface area contributed by atoms with Gasteiger partial charge in [-0.25, -0.2) is 4.98 Å². The third-order valence-electron chi connectivity index (χ3n) is 7.04. The Kier molecular flexibility index (Phi) is 6.67. The van der Waals surface area contributed by atoms with Gasteiger partial charge in [0.15, 0.2) is 16.6 Å². The molecule has 0 radical (unpaired) electrons. The van der Waals surface area contributed by atoms with Crippen molar-refractivity contribution in [3.05, 3.63) is 82.9 Å². The largest absolute Gasteiger partial charge is 0.507 e. The fourth-order valence-corrected chi connectivity index (χ4v) is 6.03. The Morgan fingerprint density at radius 3 is 2.52 bits per heavy atom. The zero-order valence-corrected chi connectivity index (χ0v) is 23.2. The molecule has 6 rings (SSSR count). The topological polar surface area (TPSA) is 98.2 Å². The zero-order valence-electron chi connectivity index (χ0n) is 22.3. The van der Waals surface area contributed by atoms with Crippen LogP contribution in [0.3, 0.4) is 0 Å². The molecular formula is C31H28N2O6S. The van der Waals surface area contributed by atoms with Crippen molar-refractivity contribution >= 4 is 44.1 Å². The van der Waals surface area contributed by atoms with Gasteiger partial charge >= 0.3 is 5.91 Å². The van der Waals surface area contributed by atoms with Crippen molar-refractivity contribution in [3.63, 3.8) is 0 Å². The minimum absolute atomic E-state index is 0.00626. The highest BCUT2D eigenvalue weighted by molar-refractivity contribution is 7.22. The molecule has 0 bridgehead atoms. The summed E-state index contributed by atoms with van der Waals surface area (Å²) in [7, 11) is 0. The van der Waals surface area contributed by atoms with Crippen LogP contribution in [0.5, 0.6) is 17.2 Å². The number of aliphatic hydroxyl groups is 1. The summed E-state index contributed by atoms with van der Waals surface area (Å²) in [5, 5.41) is 11.9. The van der Waals surface area contributed by atoms with Crippen LogP contribution in [0.15, 0.2) is 66.2 Å². The number of aliphatic hydroxyl groups excluding tert-OH is 1. The lowest BCUT2D eigenvalue weighted by Gasteiger charge is -2.23. The molecule has 2 aliphatic rings. The van der Waals surface area contributed by atoms with Crippen molar-refractivity contribution < 1.29 is 28.9 Å². The first-order chi connectivity index (χ1) is 19.4. The Bertz CT molecular complexity index is 1660. The maximum Gasteiger partial charge on any atom is 0.301 e. The molecule has 3 heterocycles. The molecule has 0 aliphatic carbocycles. The van der Waals surface area contributed by atoms with Gasteiger partial charge in [0.05, 0.1) is 28.4 Å². The monoisotopic (exact) mass is 556 g/mol. The van der Waals surface area contributed by atoms with Crippen LogP contribution >= 0.6 is 11.3 Å². The Hall–Kier alpha value is -4.37. The van der Waals surface area contributed by atoms with Crippen molar-refractivity contribution in [1.82, 2.24) is 4.98 Å². The predicted molar refractivity (Wildman–Crippen MR) is 154 cm³/mol. The molecule has 1 atom stereocenters. The van der Waals surface area contributed by atoms with Crippen LogP contribution < -0.4 is 19.1 Å². The Morgan fingerprint density at radius 2 is 1.80 bits per heavy atom. The fraction of sp³-hybridized carbons (Fsp3) is 0.258. The average Bonchev–Trinajstić information content (AvgIpc) is 3.50. The summed E-state index contributed by atoms with van der Waals surface area (Å²) < 4.78 is 17.7. The van der Waals surface area contributed by atoms with E-state index >= 15 is 0 Å². The molecule has 1 aromatic heterocycles. The van der Waals surface area contributed by atoms with Crippen LogP contribution in [0, 0.1) is 0 Å². The van der Waals surface area contributed by atoms with E-state index in [1.54, 1.807) is 18.2 Å². The summed E-state index contributed by atoms with van der Waals surface area (Å²) in [6, 6.07) is 17.4. The number of Topliss-reactive ketones (excluding diaryl/α,β-unsaturated/α-hetero) is 1. The number of aromatic nitrogens is 1. The van der Waals surface area contributed by atoms with E-state index in [1.807, 2.05) is 49.4 Å². The second kappa shape index (κ2) is 10.3. The molecule has 9 heteroatoms. The van der Waals surface area contributed by atoms with E-state index in [1.165, 1.54) is 16.2 Å². The van der Waals surface area contributed by atoms with Crippen LogP contribution in [0.25, 0.3) is 16.0 Å². The molecule has 0 unspecified atom stereocenters. The minimum Gasteiger partial charge on any atom is -0.507 e. The number of benzene rings is 3. The number of amides is 1. The van der Waals surface area contributed by atoms with Crippen molar-refractivity contribution in [3.8, 4) is 17.2 Å². The van der Waals surface area contributed by atoms with E-state index in [0.717, 1.165) is 10.3 Å². The number of thiazole rings is 1. The molecule has 3 aromatic carbocycles. The molecule has 1 N–H and O–H groups in total.